The van der Waals surface area contributed by atoms with Crippen molar-refractivity contribution in [3.63, 3.8) is 0 Å². The topological polar surface area (TPSA) is 0 Å². The molecule has 0 unspecified atom stereocenters. The van der Waals surface area contributed by atoms with E-state index in [-0.39, 0.29) is 17.5 Å². The Morgan fingerprint density at radius 3 is 0.864 bits per heavy atom. The number of hydrogen-bond donors (Lipinski definition) is 0. The molecular formula is C18H12F3Ge. The molecule has 0 N–H and O–H groups in total. The summed E-state index contributed by atoms with van der Waals surface area (Å²) in [6, 6.07) is 19.1. The Morgan fingerprint density at radius 2 is 0.636 bits per heavy atom. The van der Waals surface area contributed by atoms with E-state index in [9.17, 15) is 13.2 Å². The van der Waals surface area contributed by atoms with Gasteiger partial charge < -0.3 is 0 Å². The van der Waals surface area contributed by atoms with Crippen LogP contribution in [0.4, 0.5) is 13.2 Å². The maximum absolute atomic E-state index is 13.2. The Bertz CT molecular complexity index is 642. The molecule has 4 heteroatoms. The SMILES string of the molecule is Fc1cc[c]([Ge]([c]2ccc(F)cc2)[c]2ccc(F)cc2)cc1. The zero-order chi connectivity index (χ0) is 15.5. The van der Waals surface area contributed by atoms with Gasteiger partial charge in [0.05, 0.1) is 0 Å². The van der Waals surface area contributed by atoms with E-state index in [1.807, 2.05) is 0 Å². The molecule has 0 fully saturated rings. The Kier molecular flexibility index (Phi) is 4.34. The first kappa shape index (κ1) is 14.9. The molecule has 0 aliphatic rings. The quantitative estimate of drug-likeness (QED) is 0.632. The molecule has 0 nitrogen and oxygen atoms in total. The second-order valence-electron chi connectivity index (χ2n) is 4.90. The van der Waals surface area contributed by atoms with E-state index in [4.69, 9.17) is 0 Å². The van der Waals surface area contributed by atoms with Crippen LogP contribution in [0.15, 0.2) is 72.8 Å². The molecule has 109 valence electrons. The van der Waals surface area contributed by atoms with Crippen molar-refractivity contribution in [1.82, 2.24) is 0 Å². The summed E-state index contributed by atoms with van der Waals surface area (Å²) in [6.45, 7) is 0. The third kappa shape index (κ3) is 3.25. The minimum atomic E-state index is -2.20. The van der Waals surface area contributed by atoms with Gasteiger partial charge >= 0.3 is 131 Å². The molecule has 0 amide bonds. The third-order valence-corrected chi connectivity index (χ3v) is 9.13. The summed E-state index contributed by atoms with van der Waals surface area (Å²) < 4.78 is 42.6. The summed E-state index contributed by atoms with van der Waals surface area (Å²) >= 11 is -2.20. The number of hydrogen-bond acceptors (Lipinski definition) is 0. The third-order valence-electron chi connectivity index (χ3n) is 3.40. The summed E-state index contributed by atoms with van der Waals surface area (Å²) in [5, 5.41) is 0. The molecule has 0 atom stereocenters. The standard InChI is InChI=1S/C18H12F3Ge/c19-13-1-7-16(8-2-13)22(17-9-3-14(20)4-10-17)18-11-5-15(21)6-12-18/h1-12H. The summed E-state index contributed by atoms with van der Waals surface area (Å²) in [5.41, 5.74) is 0. The monoisotopic (exact) mass is 359 g/mol. The van der Waals surface area contributed by atoms with Crippen LogP contribution < -0.4 is 13.2 Å². The predicted octanol–water partition coefficient (Wildman–Crippen LogP) is 2.62. The second-order valence-corrected chi connectivity index (χ2v) is 10.1. The molecule has 3 rings (SSSR count). The molecule has 0 spiro atoms. The molecule has 22 heavy (non-hydrogen) atoms. The van der Waals surface area contributed by atoms with Gasteiger partial charge in [-0.2, -0.15) is 0 Å². The minimum absolute atomic E-state index is 0.292. The molecule has 0 saturated heterocycles. The Labute approximate surface area is 131 Å². The molecule has 3 aromatic rings. The summed E-state index contributed by atoms with van der Waals surface area (Å²) in [7, 11) is 0. The van der Waals surface area contributed by atoms with E-state index < -0.39 is 14.3 Å². The maximum atomic E-state index is 13.2. The van der Waals surface area contributed by atoms with Gasteiger partial charge in [-0.3, -0.25) is 0 Å². The first-order valence-corrected chi connectivity index (χ1v) is 9.93. The predicted molar refractivity (Wildman–Crippen MR) is 83.9 cm³/mol. The van der Waals surface area contributed by atoms with Gasteiger partial charge in [0.15, 0.2) is 0 Å². The van der Waals surface area contributed by atoms with E-state index in [0.717, 1.165) is 13.2 Å². The molecule has 0 aromatic heterocycles. The zero-order valence-electron chi connectivity index (χ0n) is 11.6. The average molecular weight is 358 g/mol. The second kappa shape index (κ2) is 6.40. The Hall–Kier alpha value is -2.01. The zero-order valence-corrected chi connectivity index (χ0v) is 13.7. The number of rotatable bonds is 3. The number of benzene rings is 3. The summed E-state index contributed by atoms with van der Waals surface area (Å²) in [4.78, 5) is 0. The first-order valence-electron chi connectivity index (χ1n) is 6.78. The molecular weight excluding hydrogens is 346 g/mol. The fourth-order valence-electron chi connectivity index (χ4n) is 2.35. The molecule has 0 aliphatic carbocycles. The van der Waals surface area contributed by atoms with Crippen LogP contribution in [-0.2, 0) is 0 Å². The van der Waals surface area contributed by atoms with Crippen LogP contribution in [0.1, 0.15) is 0 Å². The van der Waals surface area contributed by atoms with Crippen molar-refractivity contribution in [1.29, 1.82) is 0 Å². The molecule has 3 aromatic carbocycles. The van der Waals surface area contributed by atoms with Crippen LogP contribution in [0.25, 0.3) is 0 Å². The van der Waals surface area contributed by atoms with Gasteiger partial charge in [-0.25, -0.2) is 0 Å². The molecule has 0 saturated carbocycles. The Balaban J connectivity index is 2.10. The van der Waals surface area contributed by atoms with Crippen LogP contribution >= 0.6 is 0 Å². The van der Waals surface area contributed by atoms with Gasteiger partial charge in [-0.1, -0.05) is 0 Å². The van der Waals surface area contributed by atoms with Crippen molar-refractivity contribution in [3.8, 4) is 0 Å². The van der Waals surface area contributed by atoms with Gasteiger partial charge in [0, 0.05) is 0 Å². The van der Waals surface area contributed by atoms with Crippen LogP contribution in [0.5, 0.6) is 0 Å². The normalized spacial score (nSPS) is 10.9. The van der Waals surface area contributed by atoms with Crippen molar-refractivity contribution >= 4 is 27.5 Å². The van der Waals surface area contributed by atoms with Crippen molar-refractivity contribution in [2.45, 2.75) is 0 Å². The summed E-state index contributed by atoms with van der Waals surface area (Å²) in [6.07, 6.45) is 0. The average Bonchev–Trinajstić information content (AvgIpc) is 2.53. The Morgan fingerprint density at radius 1 is 0.409 bits per heavy atom. The van der Waals surface area contributed by atoms with Crippen LogP contribution in [-0.4, -0.2) is 14.3 Å². The van der Waals surface area contributed by atoms with Gasteiger partial charge in [0.1, 0.15) is 0 Å². The molecule has 1 radical (unpaired) electrons. The van der Waals surface area contributed by atoms with E-state index >= 15 is 0 Å². The van der Waals surface area contributed by atoms with E-state index in [0.29, 0.717) is 0 Å². The first-order chi connectivity index (χ1) is 10.6. The van der Waals surface area contributed by atoms with Gasteiger partial charge in [-0.05, 0) is 0 Å². The van der Waals surface area contributed by atoms with Gasteiger partial charge in [0.25, 0.3) is 0 Å². The van der Waals surface area contributed by atoms with Gasteiger partial charge in [-0.15, -0.1) is 0 Å². The fourth-order valence-corrected chi connectivity index (χ4v) is 7.59. The van der Waals surface area contributed by atoms with E-state index in [1.54, 1.807) is 36.4 Å². The fraction of sp³-hybridized carbons (Fsp3) is 0. The van der Waals surface area contributed by atoms with Crippen molar-refractivity contribution in [3.05, 3.63) is 90.2 Å². The van der Waals surface area contributed by atoms with Crippen molar-refractivity contribution in [2.75, 3.05) is 0 Å². The summed E-state index contributed by atoms with van der Waals surface area (Å²) in [5.74, 6) is -0.876. The molecule has 0 heterocycles. The molecule has 0 bridgehead atoms. The van der Waals surface area contributed by atoms with Crippen LogP contribution in [0, 0.1) is 17.5 Å². The van der Waals surface area contributed by atoms with Crippen molar-refractivity contribution < 1.29 is 13.2 Å². The van der Waals surface area contributed by atoms with E-state index in [2.05, 4.69) is 0 Å². The van der Waals surface area contributed by atoms with Crippen LogP contribution in [0.3, 0.4) is 0 Å². The van der Waals surface area contributed by atoms with Crippen molar-refractivity contribution in [2.24, 2.45) is 0 Å². The van der Waals surface area contributed by atoms with Gasteiger partial charge in [0.2, 0.25) is 0 Å². The molecule has 0 aliphatic heterocycles. The van der Waals surface area contributed by atoms with E-state index in [1.165, 1.54) is 36.4 Å². The number of halogens is 3. The van der Waals surface area contributed by atoms with Crippen LogP contribution in [0.2, 0.25) is 0 Å².